The summed E-state index contributed by atoms with van der Waals surface area (Å²) in [7, 11) is 7.78. The summed E-state index contributed by atoms with van der Waals surface area (Å²) in [5.74, 6) is 2.64. The molecule has 5 nitrogen and oxygen atoms in total. The average Bonchev–Trinajstić information content (AvgIpc) is 2.52. The Morgan fingerprint density at radius 3 is 1.62 bits per heavy atom. The van der Waals surface area contributed by atoms with E-state index < -0.39 is 0 Å². The zero-order chi connectivity index (χ0) is 15.6. The number of fused-ring (bicyclic) bond motifs is 1. The number of ether oxygens (including phenoxy) is 5. The topological polar surface area (TPSA) is 46.2 Å². The van der Waals surface area contributed by atoms with E-state index in [0.29, 0.717) is 44.5 Å². The van der Waals surface area contributed by atoms with E-state index in [2.05, 4.69) is 0 Å². The van der Waals surface area contributed by atoms with Crippen LogP contribution in [-0.4, -0.2) is 35.5 Å². The molecular weight excluding hydrogens is 296 g/mol. The second-order valence-corrected chi connectivity index (χ2v) is 4.57. The molecule has 0 N–H and O–H groups in total. The number of hydrogen-bond donors (Lipinski definition) is 0. The predicted octanol–water partition coefficient (Wildman–Crippen LogP) is 3.54. The highest BCUT2D eigenvalue weighted by atomic mass is 35.5. The first-order valence-corrected chi connectivity index (χ1v) is 6.53. The van der Waals surface area contributed by atoms with Crippen molar-refractivity contribution >= 4 is 22.4 Å². The lowest BCUT2D eigenvalue weighted by Gasteiger charge is -2.19. The quantitative estimate of drug-likeness (QED) is 0.845. The number of rotatable bonds is 5. The number of hydrogen-bond acceptors (Lipinski definition) is 5. The lowest BCUT2D eigenvalue weighted by Crippen LogP contribution is -1.99. The maximum Gasteiger partial charge on any atom is 0.172 e. The summed E-state index contributed by atoms with van der Waals surface area (Å²) in [6.45, 7) is 0. The van der Waals surface area contributed by atoms with Crippen LogP contribution in [0.25, 0.3) is 10.8 Å². The van der Waals surface area contributed by atoms with Crippen LogP contribution in [0, 0.1) is 0 Å². The van der Waals surface area contributed by atoms with E-state index in [-0.39, 0.29) is 0 Å². The van der Waals surface area contributed by atoms with E-state index >= 15 is 0 Å². The Morgan fingerprint density at radius 1 is 0.619 bits per heavy atom. The molecule has 0 atom stereocenters. The normalized spacial score (nSPS) is 10.4. The van der Waals surface area contributed by atoms with Gasteiger partial charge in [-0.1, -0.05) is 11.6 Å². The van der Waals surface area contributed by atoms with Crippen molar-refractivity contribution in [3.05, 3.63) is 17.2 Å². The summed E-state index contributed by atoms with van der Waals surface area (Å²) < 4.78 is 27.1. The van der Waals surface area contributed by atoms with E-state index in [0.717, 1.165) is 0 Å². The molecule has 0 heterocycles. The van der Waals surface area contributed by atoms with Crippen LogP contribution in [0.1, 0.15) is 0 Å². The van der Waals surface area contributed by atoms with Crippen LogP contribution in [-0.2, 0) is 0 Å². The smallest absolute Gasteiger partial charge is 0.172 e. The van der Waals surface area contributed by atoms with Gasteiger partial charge in [0.05, 0.1) is 51.3 Å². The molecule has 2 aromatic rings. The summed E-state index contributed by atoms with van der Waals surface area (Å²) in [5, 5.41) is 1.76. The SMILES string of the molecule is COc1cc(OC)c2c(OC)cc(Cl)c(OC)c2c1OC. The van der Waals surface area contributed by atoms with Crippen LogP contribution in [0.4, 0.5) is 0 Å². The van der Waals surface area contributed by atoms with Crippen LogP contribution in [0.2, 0.25) is 5.02 Å². The second-order valence-electron chi connectivity index (χ2n) is 4.16. The largest absolute Gasteiger partial charge is 0.496 e. The van der Waals surface area contributed by atoms with Crippen molar-refractivity contribution in [1.82, 2.24) is 0 Å². The van der Waals surface area contributed by atoms with Crippen molar-refractivity contribution in [1.29, 1.82) is 0 Å². The van der Waals surface area contributed by atoms with Gasteiger partial charge in [0.15, 0.2) is 11.5 Å². The minimum absolute atomic E-state index is 0.412. The molecule has 0 spiro atoms. The first-order valence-electron chi connectivity index (χ1n) is 6.16. The molecule has 114 valence electrons. The Bertz CT molecular complexity index is 669. The minimum atomic E-state index is 0.412. The van der Waals surface area contributed by atoms with Crippen LogP contribution < -0.4 is 23.7 Å². The second kappa shape index (κ2) is 6.18. The molecular formula is C15H17ClO5. The van der Waals surface area contributed by atoms with Crippen molar-refractivity contribution in [3.63, 3.8) is 0 Å². The molecule has 0 aliphatic carbocycles. The lowest BCUT2D eigenvalue weighted by molar-refractivity contribution is 0.350. The molecule has 0 saturated carbocycles. The molecule has 21 heavy (non-hydrogen) atoms. The van der Waals surface area contributed by atoms with Crippen molar-refractivity contribution < 1.29 is 23.7 Å². The molecule has 0 bridgehead atoms. The fourth-order valence-corrected chi connectivity index (χ4v) is 2.60. The monoisotopic (exact) mass is 312 g/mol. The van der Waals surface area contributed by atoms with E-state index in [1.165, 1.54) is 0 Å². The van der Waals surface area contributed by atoms with Gasteiger partial charge in [0.1, 0.15) is 17.2 Å². The summed E-state index contributed by atoms with van der Waals surface area (Å²) in [4.78, 5) is 0. The number of methoxy groups -OCH3 is 5. The summed E-state index contributed by atoms with van der Waals surface area (Å²) in [5.41, 5.74) is 0. The highest BCUT2D eigenvalue weighted by Crippen LogP contribution is 2.51. The van der Waals surface area contributed by atoms with Crippen LogP contribution >= 0.6 is 11.6 Å². The van der Waals surface area contributed by atoms with Crippen LogP contribution in [0.5, 0.6) is 28.7 Å². The zero-order valence-electron chi connectivity index (χ0n) is 12.6. The van der Waals surface area contributed by atoms with Crippen molar-refractivity contribution in [2.24, 2.45) is 0 Å². The third-order valence-corrected chi connectivity index (χ3v) is 3.51. The lowest BCUT2D eigenvalue weighted by atomic mass is 10.1. The van der Waals surface area contributed by atoms with E-state index in [9.17, 15) is 0 Å². The molecule has 6 heteroatoms. The molecule has 0 saturated heterocycles. The van der Waals surface area contributed by atoms with Gasteiger partial charge in [-0.3, -0.25) is 0 Å². The van der Waals surface area contributed by atoms with Gasteiger partial charge in [-0.25, -0.2) is 0 Å². The van der Waals surface area contributed by atoms with Crippen LogP contribution in [0.3, 0.4) is 0 Å². The zero-order valence-corrected chi connectivity index (χ0v) is 13.3. The van der Waals surface area contributed by atoms with Crippen molar-refractivity contribution in [2.75, 3.05) is 35.5 Å². The minimum Gasteiger partial charge on any atom is -0.496 e. The highest BCUT2D eigenvalue weighted by Gasteiger charge is 2.23. The van der Waals surface area contributed by atoms with E-state index in [4.69, 9.17) is 35.3 Å². The molecule has 0 unspecified atom stereocenters. The van der Waals surface area contributed by atoms with Crippen molar-refractivity contribution in [3.8, 4) is 28.7 Å². The highest BCUT2D eigenvalue weighted by molar-refractivity contribution is 6.34. The third-order valence-electron chi connectivity index (χ3n) is 3.23. The first kappa shape index (κ1) is 15.4. The fourth-order valence-electron chi connectivity index (χ4n) is 2.33. The molecule has 0 amide bonds. The fraction of sp³-hybridized carbons (Fsp3) is 0.333. The van der Waals surface area contributed by atoms with Gasteiger partial charge >= 0.3 is 0 Å². The van der Waals surface area contributed by atoms with Gasteiger partial charge in [-0.2, -0.15) is 0 Å². The average molecular weight is 313 g/mol. The van der Waals surface area contributed by atoms with Gasteiger partial charge in [-0.05, 0) is 0 Å². The standard InChI is InChI=1S/C15H17ClO5/c1-17-9-6-8(16)14(20-4)13-12(9)10(18-2)7-11(19-3)15(13)21-5/h6-7H,1-5H3. The van der Waals surface area contributed by atoms with Gasteiger partial charge in [0.25, 0.3) is 0 Å². The molecule has 0 aliphatic heterocycles. The van der Waals surface area contributed by atoms with Crippen LogP contribution in [0.15, 0.2) is 12.1 Å². The first-order chi connectivity index (χ1) is 10.1. The predicted molar refractivity (Wildman–Crippen MR) is 81.7 cm³/mol. The molecule has 0 aliphatic rings. The van der Waals surface area contributed by atoms with E-state index in [1.807, 2.05) is 0 Å². The molecule has 0 aromatic heterocycles. The maximum absolute atomic E-state index is 6.27. The molecule has 2 rings (SSSR count). The van der Waals surface area contributed by atoms with Gasteiger partial charge < -0.3 is 23.7 Å². The number of halogens is 1. The Balaban J connectivity index is 3.07. The summed E-state index contributed by atoms with van der Waals surface area (Å²) >= 11 is 6.27. The Morgan fingerprint density at radius 2 is 1.14 bits per heavy atom. The molecule has 0 radical (unpaired) electrons. The third kappa shape index (κ3) is 2.38. The van der Waals surface area contributed by atoms with Gasteiger partial charge in [0.2, 0.25) is 0 Å². The number of benzene rings is 2. The molecule has 0 fully saturated rings. The van der Waals surface area contributed by atoms with E-state index in [1.54, 1.807) is 47.7 Å². The Kier molecular flexibility index (Phi) is 4.53. The molecule has 2 aromatic carbocycles. The summed E-state index contributed by atoms with van der Waals surface area (Å²) in [6.07, 6.45) is 0. The maximum atomic E-state index is 6.27. The Hall–Kier alpha value is -2.01. The van der Waals surface area contributed by atoms with Gasteiger partial charge in [0, 0.05) is 12.1 Å². The summed E-state index contributed by atoms with van der Waals surface area (Å²) in [6, 6.07) is 3.41. The van der Waals surface area contributed by atoms with Crippen molar-refractivity contribution in [2.45, 2.75) is 0 Å². The Labute approximate surface area is 128 Å². The van der Waals surface area contributed by atoms with Gasteiger partial charge in [-0.15, -0.1) is 0 Å².